The second kappa shape index (κ2) is 4.42. The Morgan fingerprint density at radius 1 is 1.33 bits per heavy atom. The van der Waals surface area contributed by atoms with Crippen molar-refractivity contribution >= 4 is 17.4 Å². The van der Waals surface area contributed by atoms with Crippen LogP contribution < -0.4 is 0 Å². The highest BCUT2D eigenvalue weighted by atomic mass is 35.5. The number of nitrogens with zero attached hydrogens (tertiary/aromatic N) is 1. The van der Waals surface area contributed by atoms with E-state index in [9.17, 15) is 4.79 Å². The van der Waals surface area contributed by atoms with Crippen LogP contribution in [0.3, 0.4) is 0 Å². The van der Waals surface area contributed by atoms with Gasteiger partial charge in [-0.05, 0) is 36.6 Å². The second-order valence-corrected chi connectivity index (χ2v) is 4.58. The zero-order valence-corrected chi connectivity index (χ0v) is 10.3. The molecule has 18 heavy (non-hydrogen) atoms. The van der Waals surface area contributed by atoms with E-state index in [0.717, 1.165) is 12.0 Å². The summed E-state index contributed by atoms with van der Waals surface area (Å²) in [4.78, 5) is 16.4. The van der Waals surface area contributed by atoms with E-state index in [2.05, 4.69) is 4.98 Å². The zero-order chi connectivity index (χ0) is 12.5. The van der Waals surface area contributed by atoms with Crippen molar-refractivity contribution in [3.8, 4) is 0 Å². The fourth-order valence-corrected chi connectivity index (χ4v) is 2.33. The summed E-state index contributed by atoms with van der Waals surface area (Å²) in [5.41, 5.74) is 2.12. The number of hydrogen-bond donors (Lipinski definition) is 0. The molecule has 3 rings (SSSR count). The van der Waals surface area contributed by atoms with Crippen LogP contribution in [0.2, 0.25) is 0 Å². The molecule has 2 heterocycles. The maximum absolute atomic E-state index is 12.3. The van der Waals surface area contributed by atoms with Crippen LogP contribution in [0.25, 0.3) is 0 Å². The molecule has 0 N–H and O–H groups in total. The second-order valence-electron chi connectivity index (χ2n) is 4.14. The van der Waals surface area contributed by atoms with Crippen LogP contribution in [0.5, 0.6) is 0 Å². The molecular formula is C14H10ClNO2. The fraction of sp³-hybridized carbons (Fsp3) is 0.143. The minimum Gasteiger partial charge on any atom is -0.463 e. The van der Waals surface area contributed by atoms with Crippen molar-refractivity contribution in [1.29, 1.82) is 0 Å². The Morgan fingerprint density at radius 3 is 3.00 bits per heavy atom. The summed E-state index contributed by atoms with van der Waals surface area (Å²) in [6, 6.07) is 5.30. The molecule has 0 atom stereocenters. The predicted octanol–water partition coefficient (Wildman–Crippen LogP) is 3.35. The molecule has 0 aromatic carbocycles. The van der Waals surface area contributed by atoms with E-state index in [0.29, 0.717) is 28.5 Å². The lowest BCUT2D eigenvalue weighted by Crippen LogP contribution is -2.06. The van der Waals surface area contributed by atoms with Crippen molar-refractivity contribution in [3.05, 3.63) is 64.4 Å². The van der Waals surface area contributed by atoms with Crippen molar-refractivity contribution in [3.63, 3.8) is 0 Å². The summed E-state index contributed by atoms with van der Waals surface area (Å²) >= 11 is 5.87. The first-order chi connectivity index (χ1) is 8.75. The third-order valence-corrected chi connectivity index (χ3v) is 3.18. The van der Waals surface area contributed by atoms with Crippen LogP contribution >= 0.6 is 11.6 Å². The topological polar surface area (TPSA) is 39.2 Å². The molecule has 0 unspecified atom stereocenters. The average Bonchev–Trinajstić information content (AvgIpc) is 2.81. The molecule has 1 aromatic heterocycles. The Balaban J connectivity index is 1.98. The van der Waals surface area contributed by atoms with Crippen LogP contribution in [0, 0.1) is 0 Å². The number of ether oxygens (including phenoxy) is 1. The summed E-state index contributed by atoms with van der Waals surface area (Å²) < 4.78 is 5.44. The van der Waals surface area contributed by atoms with Crippen LogP contribution in [-0.2, 0) is 4.74 Å². The molecular weight excluding hydrogens is 250 g/mol. The average molecular weight is 260 g/mol. The Kier molecular flexibility index (Phi) is 2.76. The molecule has 1 aliphatic heterocycles. The van der Waals surface area contributed by atoms with Gasteiger partial charge in [0.15, 0.2) is 0 Å². The first-order valence-electron chi connectivity index (χ1n) is 5.68. The van der Waals surface area contributed by atoms with Crippen molar-refractivity contribution in [2.75, 3.05) is 0 Å². The number of halogens is 1. The lowest BCUT2D eigenvalue weighted by atomic mass is 10.1. The highest BCUT2D eigenvalue weighted by molar-refractivity contribution is 6.31. The molecule has 1 aromatic rings. The van der Waals surface area contributed by atoms with Crippen LogP contribution in [-0.4, -0.2) is 10.8 Å². The molecule has 1 aliphatic carbocycles. The highest BCUT2D eigenvalue weighted by Gasteiger charge is 2.29. The Labute approximate surface area is 109 Å². The number of carbonyl (C=O) groups excluding carboxylic acids is 1. The van der Waals surface area contributed by atoms with Crippen molar-refractivity contribution < 1.29 is 9.53 Å². The van der Waals surface area contributed by atoms with Gasteiger partial charge in [-0.15, -0.1) is 0 Å². The zero-order valence-electron chi connectivity index (χ0n) is 9.52. The van der Waals surface area contributed by atoms with E-state index in [4.69, 9.17) is 16.3 Å². The molecule has 3 nitrogen and oxygen atoms in total. The van der Waals surface area contributed by atoms with Gasteiger partial charge in [-0.2, -0.15) is 0 Å². The highest BCUT2D eigenvalue weighted by Crippen LogP contribution is 2.37. The molecule has 0 saturated heterocycles. The lowest BCUT2D eigenvalue weighted by molar-refractivity contribution is 0.102. The van der Waals surface area contributed by atoms with E-state index in [1.54, 1.807) is 24.4 Å². The molecule has 0 amide bonds. The maximum Gasteiger partial charge on any atom is 0.211 e. The minimum atomic E-state index is -0.0691. The van der Waals surface area contributed by atoms with Crippen molar-refractivity contribution in [2.45, 2.75) is 12.8 Å². The van der Waals surface area contributed by atoms with Gasteiger partial charge in [0.1, 0.15) is 17.7 Å². The molecule has 0 spiro atoms. The van der Waals surface area contributed by atoms with Gasteiger partial charge >= 0.3 is 0 Å². The van der Waals surface area contributed by atoms with Crippen LogP contribution in [0.4, 0.5) is 0 Å². The quantitative estimate of drug-likeness (QED) is 0.765. The lowest BCUT2D eigenvalue weighted by Gasteiger charge is -2.11. The number of allylic oxidation sites excluding steroid dienone is 4. The Bertz CT molecular complexity index is 599. The summed E-state index contributed by atoms with van der Waals surface area (Å²) in [6.07, 6.45) is 6.38. The largest absolute Gasteiger partial charge is 0.463 e. The molecule has 0 fully saturated rings. The number of rotatable bonds is 2. The van der Waals surface area contributed by atoms with Gasteiger partial charge in [-0.1, -0.05) is 17.7 Å². The van der Waals surface area contributed by atoms with E-state index < -0.39 is 0 Å². The monoisotopic (exact) mass is 259 g/mol. The first-order valence-corrected chi connectivity index (χ1v) is 6.05. The number of hydrogen-bond acceptors (Lipinski definition) is 3. The number of ketones is 1. The van der Waals surface area contributed by atoms with Gasteiger partial charge < -0.3 is 4.74 Å². The van der Waals surface area contributed by atoms with Gasteiger partial charge in [0.05, 0.1) is 5.03 Å². The number of fused-ring (bicyclic) bond motifs is 1. The van der Waals surface area contributed by atoms with E-state index in [1.165, 1.54) is 6.26 Å². The van der Waals surface area contributed by atoms with Gasteiger partial charge in [0.2, 0.25) is 5.78 Å². The third-order valence-electron chi connectivity index (χ3n) is 2.98. The molecule has 0 bridgehead atoms. The van der Waals surface area contributed by atoms with Crippen molar-refractivity contribution in [1.82, 2.24) is 4.98 Å². The van der Waals surface area contributed by atoms with E-state index in [-0.39, 0.29) is 5.78 Å². The molecule has 90 valence electrons. The molecule has 4 heteroatoms. The normalized spacial score (nSPS) is 17.8. The SMILES string of the molecule is O=C(C1=C2OC=C(Cl)C=C2CC1)c1ccccn1. The molecule has 0 saturated carbocycles. The maximum atomic E-state index is 12.3. The van der Waals surface area contributed by atoms with Crippen LogP contribution in [0.1, 0.15) is 23.3 Å². The smallest absolute Gasteiger partial charge is 0.211 e. The Morgan fingerprint density at radius 2 is 2.22 bits per heavy atom. The predicted molar refractivity (Wildman–Crippen MR) is 67.9 cm³/mol. The number of carbonyl (C=O) groups is 1. The minimum absolute atomic E-state index is 0.0691. The van der Waals surface area contributed by atoms with Crippen LogP contribution in [0.15, 0.2) is 58.7 Å². The van der Waals surface area contributed by atoms with Gasteiger partial charge in [-0.3, -0.25) is 9.78 Å². The summed E-state index contributed by atoms with van der Waals surface area (Å²) in [7, 11) is 0. The third kappa shape index (κ3) is 1.87. The number of pyridine rings is 1. The summed E-state index contributed by atoms with van der Waals surface area (Å²) in [5, 5.41) is 0.556. The Hall–Kier alpha value is -1.87. The van der Waals surface area contributed by atoms with Crippen molar-refractivity contribution in [2.24, 2.45) is 0 Å². The molecule has 0 radical (unpaired) electrons. The number of aromatic nitrogens is 1. The number of Topliss-reactive ketones (excluding diaryl/α,β-unsaturated/α-hetero) is 1. The summed E-state index contributed by atoms with van der Waals surface area (Å²) in [5.74, 6) is 0.579. The fourth-order valence-electron chi connectivity index (χ4n) is 2.15. The van der Waals surface area contributed by atoms with Gasteiger partial charge in [0.25, 0.3) is 0 Å². The van der Waals surface area contributed by atoms with E-state index >= 15 is 0 Å². The molecule has 2 aliphatic rings. The van der Waals surface area contributed by atoms with Gasteiger partial charge in [0, 0.05) is 11.8 Å². The summed E-state index contributed by atoms with van der Waals surface area (Å²) in [6.45, 7) is 0. The first kappa shape index (κ1) is 11.2. The standard InChI is InChI=1S/C14H10ClNO2/c15-10-7-9-4-5-11(14(9)18-8-10)13(17)12-3-1-2-6-16-12/h1-3,6-8H,4-5H2. The van der Waals surface area contributed by atoms with Gasteiger partial charge in [-0.25, -0.2) is 0 Å². The van der Waals surface area contributed by atoms with E-state index in [1.807, 2.05) is 6.08 Å².